The lowest BCUT2D eigenvalue weighted by molar-refractivity contribution is -0.139. The SMILES string of the molecule is COC(=O)CNS(=O)(=O)c1ccc(C#CCN)c(C)c1. The van der Waals surface area contributed by atoms with Gasteiger partial charge in [-0.15, -0.1) is 0 Å². The van der Waals surface area contributed by atoms with Crippen molar-refractivity contribution in [3.8, 4) is 11.8 Å². The molecule has 0 unspecified atom stereocenters. The van der Waals surface area contributed by atoms with Crippen molar-refractivity contribution in [2.45, 2.75) is 11.8 Å². The van der Waals surface area contributed by atoms with Gasteiger partial charge in [-0.25, -0.2) is 8.42 Å². The number of rotatable bonds is 4. The van der Waals surface area contributed by atoms with Crippen molar-refractivity contribution in [3.63, 3.8) is 0 Å². The normalized spacial score (nSPS) is 10.6. The Kier molecular flexibility index (Phi) is 5.70. The van der Waals surface area contributed by atoms with E-state index in [-0.39, 0.29) is 11.4 Å². The predicted octanol–water partition coefficient (Wildman–Crippen LogP) is -0.243. The van der Waals surface area contributed by atoms with Gasteiger partial charge in [0.2, 0.25) is 10.0 Å². The lowest BCUT2D eigenvalue weighted by Gasteiger charge is -2.07. The third-order valence-electron chi connectivity index (χ3n) is 2.47. The molecule has 0 radical (unpaired) electrons. The molecular weight excluding hydrogens is 280 g/mol. The van der Waals surface area contributed by atoms with E-state index >= 15 is 0 Å². The topological polar surface area (TPSA) is 98.5 Å². The molecule has 7 heteroatoms. The number of carbonyl (C=O) groups excluding carboxylic acids is 1. The smallest absolute Gasteiger partial charge is 0.320 e. The summed E-state index contributed by atoms with van der Waals surface area (Å²) in [7, 11) is -2.56. The minimum atomic E-state index is -3.75. The molecule has 0 saturated heterocycles. The van der Waals surface area contributed by atoms with Crippen LogP contribution in [-0.2, 0) is 19.6 Å². The van der Waals surface area contributed by atoms with Crippen LogP contribution < -0.4 is 10.5 Å². The molecule has 1 rings (SSSR count). The number of nitrogens with two attached hydrogens (primary N) is 1. The minimum absolute atomic E-state index is 0.0669. The molecule has 0 spiro atoms. The number of nitrogens with one attached hydrogen (secondary N) is 1. The number of hydrogen-bond acceptors (Lipinski definition) is 5. The third-order valence-corrected chi connectivity index (χ3v) is 3.87. The van der Waals surface area contributed by atoms with Gasteiger partial charge in [-0.3, -0.25) is 4.79 Å². The third kappa shape index (κ3) is 4.35. The molecule has 0 aliphatic carbocycles. The molecule has 20 heavy (non-hydrogen) atoms. The molecule has 0 aliphatic rings. The number of ether oxygens (including phenoxy) is 1. The van der Waals surface area contributed by atoms with Gasteiger partial charge in [0.05, 0.1) is 18.6 Å². The molecule has 3 N–H and O–H groups in total. The summed E-state index contributed by atoms with van der Waals surface area (Å²) in [6, 6.07) is 4.51. The van der Waals surface area contributed by atoms with Crippen LogP contribution in [0.5, 0.6) is 0 Å². The monoisotopic (exact) mass is 296 g/mol. The van der Waals surface area contributed by atoms with Crippen molar-refractivity contribution in [2.75, 3.05) is 20.2 Å². The van der Waals surface area contributed by atoms with Crippen LogP contribution in [0.25, 0.3) is 0 Å². The van der Waals surface area contributed by atoms with E-state index in [4.69, 9.17) is 5.73 Å². The second-order valence-electron chi connectivity index (χ2n) is 3.88. The van der Waals surface area contributed by atoms with E-state index in [2.05, 4.69) is 21.3 Å². The predicted molar refractivity (Wildman–Crippen MR) is 74.3 cm³/mol. The summed E-state index contributed by atoms with van der Waals surface area (Å²) in [4.78, 5) is 11.0. The van der Waals surface area contributed by atoms with Crippen molar-refractivity contribution in [1.29, 1.82) is 0 Å². The second-order valence-corrected chi connectivity index (χ2v) is 5.65. The summed E-state index contributed by atoms with van der Waals surface area (Å²) in [5.41, 5.74) is 6.71. The minimum Gasteiger partial charge on any atom is -0.468 e. The standard InChI is InChI=1S/C13H16N2O4S/c1-10-8-12(6-5-11(10)4-3-7-14)20(17,18)15-9-13(16)19-2/h5-6,8,15H,7,9,14H2,1-2H3. The van der Waals surface area contributed by atoms with Crippen LogP contribution in [0.15, 0.2) is 23.1 Å². The fraction of sp³-hybridized carbons (Fsp3) is 0.308. The molecule has 0 saturated carbocycles. The second kappa shape index (κ2) is 7.05. The fourth-order valence-electron chi connectivity index (χ4n) is 1.40. The zero-order valence-corrected chi connectivity index (χ0v) is 12.1. The first-order valence-electron chi connectivity index (χ1n) is 5.77. The molecule has 1 aromatic rings. The van der Waals surface area contributed by atoms with Crippen molar-refractivity contribution in [2.24, 2.45) is 5.73 Å². The summed E-state index contributed by atoms with van der Waals surface area (Å²) in [5, 5.41) is 0. The number of aryl methyl sites for hydroxylation is 1. The van der Waals surface area contributed by atoms with Crippen LogP contribution in [0, 0.1) is 18.8 Å². The molecule has 1 aromatic carbocycles. The Labute approximate surface area is 118 Å². The highest BCUT2D eigenvalue weighted by Crippen LogP contribution is 2.14. The Morgan fingerprint density at radius 1 is 1.45 bits per heavy atom. The van der Waals surface area contributed by atoms with Gasteiger partial charge in [-0.2, -0.15) is 4.72 Å². The maximum absolute atomic E-state index is 12.0. The number of benzene rings is 1. The van der Waals surface area contributed by atoms with Gasteiger partial charge >= 0.3 is 5.97 Å². The highest BCUT2D eigenvalue weighted by Gasteiger charge is 2.16. The maximum atomic E-state index is 12.0. The van der Waals surface area contributed by atoms with E-state index in [9.17, 15) is 13.2 Å². The number of hydrogen-bond donors (Lipinski definition) is 2. The molecule has 0 aliphatic heterocycles. The zero-order chi connectivity index (χ0) is 15.2. The average Bonchev–Trinajstić information content (AvgIpc) is 2.43. The van der Waals surface area contributed by atoms with Gasteiger partial charge in [0.1, 0.15) is 6.54 Å². The number of carbonyl (C=O) groups is 1. The molecule has 108 valence electrons. The van der Waals surface area contributed by atoms with Gasteiger partial charge in [0.15, 0.2) is 0 Å². The fourth-order valence-corrected chi connectivity index (χ4v) is 2.45. The van der Waals surface area contributed by atoms with Crippen molar-refractivity contribution in [1.82, 2.24) is 4.72 Å². The molecule has 6 nitrogen and oxygen atoms in total. The van der Waals surface area contributed by atoms with E-state index in [1.54, 1.807) is 13.0 Å². The first-order valence-corrected chi connectivity index (χ1v) is 7.25. The Hall–Kier alpha value is -1.88. The van der Waals surface area contributed by atoms with Crippen LogP contribution in [0.1, 0.15) is 11.1 Å². The van der Waals surface area contributed by atoms with Gasteiger partial charge in [-0.1, -0.05) is 11.8 Å². The zero-order valence-electron chi connectivity index (χ0n) is 11.3. The summed E-state index contributed by atoms with van der Waals surface area (Å²) >= 11 is 0. The summed E-state index contributed by atoms with van der Waals surface area (Å²) < 4.78 is 30.4. The summed E-state index contributed by atoms with van der Waals surface area (Å²) in [6.07, 6.45) is 0. The van der Waals surface area contributed by atoms with Crippen LogP contribution >= 0.6 is 0 Å². The van der Waals surface area contributed by atoms with Crippen molar-refractivity contribution < 1.29 is 17.9 Å². The van der Waals surface area contributed by atoms with E-state index in [0.717, 1.165) is 0 Å². The highest BCUT2D eigenvalue weighted by molar-refractivity contribution is 7.89. The molecular formula is C13H16N2O4S. The maximum Gasteiger partial charge on any atom is 0.320 e. The van der Waals surface area contributed by atoms with Gasteiger partial charge in [0, 0.05) is 5.56 Å². The Balaban J connectivity index is 2.97. The lowest BCUT2D eigenvalue weighted by atomic mass is 10.1. The van der Waals surface area contributed by atoms with E-state index in [0.29, 0.717) is 11.1 Å². The van der Waals surface area contributed by atoms with E-state index in [1.807, 2.05) is 0 Å². The average molecular weight is 296 g/mol. The summed E-state index contributed by atoms with van der Waals surface area (Å²) in [6.45, 7) is 1.58. The van der Waals surface area contributed by atoms with E-state index < -0.39 is 22.5 Å². The largest absolute Gasteiger partial charge is 0.468 e. The van der Waals surface area contributed by atoms with Crippen LogP contribution in [0.4, 0.5) is 0 Å². The quantitative estimate of drug-likeness (QED) is 0.590. The van der Waals surface area contributed by atoms with Gasteiger partial charge < -0.3 is 10.5 Å². The number of methoxy groups -OCH3 is 1. The van der Waals surface area contributed by atoms with Gasteiger partial charge in [-0.05, 0) is 30.7 Å². The molecule has 0 bridgehead atoms. The summed E-state index contributed by atoms with van der Waals surface area (Å²) in [5.74, 6) is 4.89. The first kappa shape index (κ1) is 16.2. The van der Waals surface area contributed by atoms with E-state index in [1.165, 1.54) is 19.2 Å². The molecule has 0 fully saturated rings. The number of sulfonamides is 1. The Morgan fingerprint density at radius 2 is 2.15 bits per heavy atom. The lowest BCUT2D eigenvalue weighted by Crippen LogP contribution is -2.30. The molecule has 0 amide bonds. The molecule has 0 aromatic heterocycles. The molecule has 0 atom stereocenters. The van der Waals surface area contributed by atoms with Gasteiger partial charge in [0.25, 0.3) is 0 Å². The van der Waals surface area contributed by atoms with Crippen molar-refractivity contribution >= 4 is 16.0 Å². The van der Waals surface area contributed by atoms with Crippen LogP contribution in [-0.4, -0.2) is 34.6 Å². The Morgan fingerprint density at radius 3 is 2.70 bits per heavy atom. The molecule has 0 heterocycles. The Bertz CT molecular complexity index is 657. The van der Waals surface area contributed by atoms with Crippen LogP contribution in [0.3, 0.4) is 0 Å². The number of esters is 1. The van der Waals surface area contributed by atoms with Crippen molar-refractivity contribution in [3.05, 3.63) is 29.3 Å². The first-order chi connectivity index (χ1) is 9.40. The highest BCUT2D eigenvalue weighted by atomic mass is 32.2. The van der Waals surface area contributed by atoms with Crippen LogP contribution in [0.2, 0.25) is 0 Å².